The summed E-state index contributed by atoms with van der Waals surface area (Å²) in [6.07, 6.45) is 3.63. The maximum absolute atomic E-state index is 12.2. The van der Waals surface area contributed by atoms with E-state index >= 15 is 0 Å². The van der Waals surface area contributed by atoms with Crippen LogP contribution in [-0.2, 0) is 4.74 Å². The molecule has 1 amide bonds. The number of rotatable bonds is 8. The number of carbonyl (C=O) groups is 1. The summed E-state index contributed by atoms with van der Waals surface area (Å²) in [6.45, 7) is 9.26. The lowest BCUT2D eigenvalue weighted by molar-refractivity contribution is 0.0260. The van der Waals surface area contributed by atoms with E-state index in [0.717, 1.165) is 30.2 Å². The Bertz CT molecular complexity index is 436. The third-order valence-corrected chi connectivity index (χ3v) is 4.91. The fourth-order valence-corrected chi connectivity index (χ4v) is 3.48. The van der Waals surface area contributed by atoms with E-state index in [1.54, 1.807) is 32.7 Å². The number of unbranched alkanes of at least 4 members (excludes halogenated alkanes) is 1. The standard InChI is InChI=1S/C16H26N2O2S2/c1-5-6-11-18(15(19)20-16(2,3)4)12-13-21-22-14-9-7-8-10-17-14/h7-10H,5-6,11-13H2,1-4H3. The first-order valence-corrected chi connectivity index (χ1v) is 9.92. The van der Waals surface area contributed by atoms with Gasteiger partial charge in [0.1, 0.15) is 10.6 Å². The third-order valence-electron chi connectivity index (χ3n) is 2.66. The second kappa shape index (κ2) is 10.0. The lowest BCUT2D eigenvalue weighted by Gasteiger charge is -2.27. The minimum atomic E-state index is -0.447. The van der Waals surface area contributed by atoms with Crippen LogP contribution in [-0.4, -0.2) is 40.4 Å². The number of carbonyl (C=O) groups excluding carboxylic acids is 1. The second-order valence-corrected chi connectivity index (χ2v) is 8.33. The molecular weight excluding hydrogens is 316 g/mol. The van der Waals surface area contributed by atoms with Gasteiger partial charge in [0.05, 0.1) is 0 Å². The molecule has 0 unspecified atom stereocenters. The van der Waals surface area contributed by atoms with Crippen LogP contribution in [0.25, 0.3) is 0 Å². The van der Waals surface area contributed by atoms with E-state index in [-0.39, 0.29) is 6.09 Å². The highest BCUT2D eigenvalue weighted by Gasteiger charge is 2.21. The van der Waals surface area contributed by atoms with Crippen LogP contribution in [0.2, 0.25) is 0 Å². The molecule has 0 aliphatic carbocycles. The molecule has 0 aliphatic heterocycles. The topological polar surface area (TPSA) is 42.4 Å². The van der Waals surface area contributed by atoms with Gasteiger partial charge in [0, 0.05) is 25.0 Å². The Kier molecular flexibility index (Phi) is 8.71. The van der Waals surface area contributed by atoms with Gasteiger partial charge in [0.25, 0.3) is 0 Å². The number of amides is 1. The number of pyridine rings is 1. The maximum Gasteiger partial charge on any atom is 0.410 e. The summed E-state index contributed by atoms with van der Waals surface area (Å²) < 4.78 is 5.47. The molecule has 1 rings (SSSR count). The third kappa shape index (κ3) is 8.54. The lowest BCUT2D eigenvalue weighted by atomic mass is 10.2. The van der Waals surface area contributed by atoms with Crippen LogP contribution >= 0.6 is 21.6 Å². The van der Waals surface area contributed by atoms with E-state index in [0.29, 0.717) is 6.54 Å². The summed E-state index contributed by atoms with van der Waals surface area (Å²) in [5.41, 5.74) is -0.447. The van der Waals surface area contributed by atoms with Gasteiger partial charge < -0.3 is 9.64 Å². The average Bonchev–Trinajstić information content (AvgIpc) is 2.45. The highest BCUT2D eigenvalue weighted by Crippen LogP contribution is 2.28. The van der Waals surface area contributed by atoms with Crippen molar-refractivity contribution in [3.63, 3.8) is 0 Å². The molecule has 0 atom stereocenters. The molecule has 0 aromatic carbocycles. The predicted octanol–water partition coefficient (Wildman–Crippen LogP) is 4.86. The first-order chi connectivity index (χ1) is 10.4. The van der Waals surface area contributed by atoms with Crippen LogP contribution < -0.4 is 0 Å². The largest absolute Gasteiger partial charge is 0.444 e. The van der Waals surface area contributed by atoms with Gasteiger partial charge in [-0.05, 0) is 50.1 Å². The molecule has 0 saturated carbocycles. The van der Waals surface area contributed by atoms with Crippen molar-refractivity contribution in [1.29, 1.82) is 0 Å². The number of nitrogens with zero attached hydrogens (tertiary/aromatic N) is 2. The zero-order chi connectivity index (χ0) is 16.4. The average molecular weight is 343 g/mol. The summed E-state index contributed by atoms with van der Waals surface area (Å²) in [4.78, 5) is 18.3. The Hall–Kier alpha value is -0.880. The Morgan fingerprint density at radius 3 is 2.68 bits per heavy atom. The van der Waals surface area contributed by atoms with Gasteiger partial charge in [-0.3, -0.25) is 0 Å². The Morgan fingerprint density at radius 1 is 1.32 bits per heavy atom. The van der Waals surface area contributed by atoms with E-state index in [2.05, 4.69) is 11.9 Å². The molecule has 22 heavy (non-hydrogen) atoms. The summed E-state index contributed by atoms with van der Waals surface area (Å²) in [7, 11) is 3.35. The van der Waals surface area contributed by atoms with Crippen molar-refractivity contribution in [3.8, 4) is 0 Å². The summed E-state index contributed by atoms with van der Waals surface area (Å²) in [5.74, 6) is 0.851. The first-order valence-electron chi connectivity index (χ1n) is 7.61. The highest BCUT2D eigenvalue weighted by atomic mass is 33.1. The van der Waals surface area contributed by atoms with E-state index < -0.39 is 5.60 Å². The molecule has 0 bridgehead atoms. The van der Waals surface area contributed by atoms with Crippen LogP contribution in [0.5, 0.6) is 0 Å². The van der Waals surface area contributed by atoms with Gasteiger partial charge in [-0.15, -0.1) is 0 Å². The zero-order valence-electron chi connectivity index (χ0n) is 13.9. The number of aromatic nitrogens is 1. The molecule has 0 fully saturated rings. The molecule has 0 spiro atoms. The fourth-order valence-electron chi connectivity index (χ4n) is 1.62. The molecule has 0 radical (unpaired) electrons. The monoisotopic (exact) mass is 342 g/mol. The molecule has 4 nitrogen and oxygen atoms in total. The highest BCUT2D eigenvalue weighted by molar-refractivity contribution is 8.76. The van der Waals surface area contributed by atoms with Gasteiger partial charge in [0.15, 0.2) is 0 Å². The van der Waals surface area contributed by atoms with Crippen LogP contribution in [0.1, 0.15) is 40.5 Å². The van der Waals surface area contributed by atoms with Crippen molar-refractivity contribution >= 4 is 27.7 Å². The first kappa shape index (κ1) is 19.2. The molecular formula is C16H26N2O2S2. The summed E-state index contributed by atoms with van der Waals surface area (Å²) in [6, 6.07) is 5.87. The minimum absolute atomic E-state index is 0.218. The van der Waals surface area contributed by atoms with Crippen LogP contribution in [0.3, 0.4) is 0 Å². The van der Waals surface area contributed by atoms with Crippen molar-refractivity contribution in [2.24, 2.45) is 0 Å². The van der Waals surface area contributed by atoms with Gasteiger partial charge in [-0.1, -0.05) is 30.2 Å². The summed E-state index contributed by atoms with van der Waals surface area (Å²) in [5, 5.41) is 0.991. The fraction of sp³-hybridized carbons (Fsp3) is 0.625. The molecule has 6 heteroatoms. The number of hydrogen-bond donors (Lipinski definition) is 0. The van der Waals surface area contributed by atoms with Gasteiger partial charge in [-0.2, -0.15) is 0 Å². The van der Waals surface area contributed by atoms with Gasteiger partial charge in [-0.25, -0.2) is 9.78 Å². The molecule has 0 N–H and O–H groups in total. The number of hydrogen-bond acceptors (Lipinski definition) is 5. The van der Waals surface area contributed by atoms with Gasteiger partial charge in [0.2, 0.25) is 0 Å². The van der Waals surface area contributed by atoms with Crippen molar-refractivity contribution in [2.75, 3.05) is 18.8 Å². The molecule has 124 valence electrons. The van der Waals surface area contributed by atoms with Crippen molar-refractivity contribution in [2.45, 2.75) is 51.2 Å². The van der Waals surface area contributed by atoms with E-state index in [4.69, 9.17) is 4.74 Å². The Morgan fingerprint density at radius 2 is 2.09 bits per heavy atom. The Balaban J connectivity index is 2.39. The number of ether oxygens (including phenoxy) is 1. The van der Waals surface area contributed by atoms with Crippen LogP contribution in [0.15, 0.2) is 29.4 Å². The maximum atomic E-state index is 12.2. The minimum Gasteiger partial charge on any atom is -0.444 e. The van der Waals surface area contributed by atoms with E-state index in [9.17, 15) is 4.79 Å². The van der Waals surface area contributed by atoms with Crippen molar-refractivity contribution in [1.82, 2.24) is 9.88 Å². The zero-order valence-corrected chi connectivity index (χ0v) is 15.5. The SMILES string of the molecule is CCCCN(CCSSc1ccccn1)C(=O)OC(C)(C)C. The van der Waals surface area contributed by atoms with Crippen LogP contribution in [0.4, 0.5) is 4.79 Å². The van der Waals surface area contributed by atoms with Gasteiger partial charge >= 0.3 is 6.09 Å². The van der Waals surface area contributed by atoms with E-state index in [1.165, 1.54) is 0 Å². The smallest absolute Gasteiger partial charge is 0.410 e. The van der Waals surface area contributed by atoms with Crippen molar-refractivity contribution < 1.29 is 9.53 Å². The molecule has 1 aromatic rings. The van der Waals surface area contributed by atoms with E-state index in [1.807, 2.05) is 39.0 Å². The second-order valence-electron chi connectivity index (χ2n) is 5.89. The molecule has 1 heterocycles. The van der Waals surface area contributed by atoms with Crippen molar-refractivity contribution in [3.05, 3.63) is 24.4 Å². The molecule has 0 saturated heterocycles. The predicted molar refractivity (Wildman–Crippen MR) is 95.3 cm³/mol. The quantitative estimate of drug-likeness (QED) is 0.498. The molecule has 1 aromatic heterocycles. The normalized spacial score (nSPS) is 11.3. The Labute approximate surface area is 141 Å². The lowest BCUT2D eigenvalue weighted by Crippen LogP contribution is -2.38. The molecule has 0 aliphatic rings. The van der Waals surface area contributed by atoms with Crippen LogP contribution in [0, 0.1) is 0 Å². The summed E-state index contributed by atoms with van der Waals surface area (Å²) >= 11 is 0.